The van der Waals surface area contributed by atoms with E-state index in [0.29, 0.717) is 6.42 Å². The van der Waals surface area contributed by atoms with Gasteiger partial charge in [-0.15, -0.1) is 0 Å². The molecule has 5 atom stereocenters. The third kappa shape index (κ3) is 34.6. The minimum Gasteiger partial charge on any atom is -0.394 e. The van der Waals surface area contributed by atoms with Crippen LogP contribution in [0.1, 0.15) is 97.3 Å². The molecule has 0 aliphatic carbocycles. The largest absolute Gasteiger partial charge is 0.472 e. The Morgan fingerprint density at radius 2 is 0.931 bits per heavy atom. The number of carbonyl (C=O) groups excluding carboxylic acids is 1. The summed E-state index contributed by atoms with van der Waals surface area (Å²) in [5, 5.41) is 42.1. The number of rotatable bonds is 23. The Balaban J connectivity index is 5.11. The van der Waals surface area contributed by atoms with Crippen molar-refractivity contribution < 1.29 is 43.7 Å². The average molecular weight is 802 g/mol. The van der Waals surface area contributed by atoms with Gasteiger partial charge in [0.1, 0.15) is 12.2 Å². The zero-order valence-corrected chi connectivity index (χ0v) is 33.8. The van der Waals surface area contributed by atoms with Crippen molar-refractivity contribution in [3.8, 4) is 142 Å². The quantitative estimate of drug-likeness (QED) is 0.0518. The van der Waals surface area contributed by atoms with E-state index < -0.39 is 57.9 Å². The lowest BCUT2D eigenvalue weighted by atomic mass is 9.99. The highest BCUT2D eigenvalue weighted by molar-refractivity contribution is 7.47. The van der Waals surface area contributed by atoms with Gasteiger partial charge in [0.25, 0.3) is 5.91 Å². The number of hydrogen-bond donors (Lipinski definition) is 6. The van der Waals surface area contributed by atoms with Gasteiger partial charge < -0.3 is 30.6 Å². The van der Waals surface area contributed by atoms with Crippen LogP contribution in [0.4, 0.5) is 0 Å². The molecule has 0 bridgehead atoms. The molecule has 0 aliphatic heterocycles. The van der Waals surface area contributed by atoms with Gasteiger partial charge in [-0.3, -0.25) is 13.8 Å². The summed E-state index contributed by atoms with van der Waals surface area (Å²) in [4.78, 5) is 22.5. The molecule has 0 aromatic rings. The first-order chi connectivity index (χ1) is 28.2. The Bertz CT molecular complexity index is 2120. The second-order valence-electron chi connectivity index (χ2n) is 11.8. The van der Waals surface area contributed by atoms with E-state index >= 15 is 0 Å². The van der Waals surface area contributed by atoms with Crippen LogP contribution in [-0.2, 0) is 18.4 Å². The molecule has 1 amide bonds. The summed E-state index contributed by atoms with van der Waals surface area (Å²) >= 11 is 0. The molecular weight excluding hydrogens is 753 g/mol. The minimum absolute atomic E-state index is 0.213. The van der Waals surface area contributed by atoms with Gasteiger partial charge in [0.2, 0.25) is 0 Å². The van der Waals surface area contributed by atoms with Crippen LogP contribution in [0.15, 0.2) is 0 Å². The number of carbonyl (C=O) groups is 1. The Hall–Kier alpha value is -5.86. The minimum atomic E-state index is -4.77. The normalized spacial score (nSPS) is 11.6. The van der Waals surface area contributed by atoms with E-state index in [1.807, 2.05) is 0 Å². The Morgan fingerprint density at radius 1 is 0.569 bits per heavy atom. The molecule has 0 radical (unpaired) electrons. The summed E-state index contributed by atoms with van der Waals surface area (Å²) in [6.45, 7) is 1.70. The molecule has 300 valence electrons. The molecule has 0 saturated heterocycles. The average Bonchev–Trinajstić information content (AvgIpc) is 3.21. The standard InChI is InChI=1S/C47H48NO9P/c1-3-5-7-9-11-13-15-17-18-19-20-21-22-23-24-25-26-27-29-31-33-35-37-39-46(52)48-44(42-57-58(54,55)56-41-43(50)40-49)47(53)45(51)38-36-34-32-30-28-16-14-12-10-8-6-4-2/h43-45,47,49-51,53H,4,6,8,10,12,14,16,28,30,32,34,36,38,40-42H2,1-2H3,(H,48,52)(H,54,55)/t43-,44-,45+,47-/m0/s1. The monoisotopic (exact) mass is 801 g/mol. The van der Waals surface area contributed by atoms with Gasteiger partial charge in [0.05, 0.1) is 32.0 Å². The molecule has 11 heteroatoms. The molecule has 0 saturated carbocycles. The van der Waals surface area contributed by atoms with Crippen LogP contribution in [0.3, 0.4) is 0 Å². The summed E-state index contributed by atoms with van der Waals surface area (Å²) in [5.41, 5.74) is 0. The van der Waals surface area contributed by atoms with Crippen molar-refractivity contribution in [1.82, 2.24) is 5.32 Å². The highest BCUT2D eigenvalue weighted by atomic mass is 31.2. The molecule has 0 aromatic heterocycles. The van der Waals surface area contributed by atoms with Crippen molar-refractivity contribution in [2.24, 2.45) is 0 Å². The van der Waals surface area contributed by atoms with Crippen molar-refractivity contribution in [3.05, 3.63) is 0 Å². The smallest absolute Gasteiger partial charge is 0.394 e. The SMILES string of the molecule is CC#CC#CC#CC#CC#CC#CC#CC#CC#CC#CC#CC#CC(=O)N[C@@H](COP(=O)(O)OC[C@@H](O)CO)[C@H](O)[C@H](O)CCCCCCCCCCCCCC. The lowest BCUT2D eigenvalue weighted by molar-refractivity contribution is -0.118. The molecular formula is C47H48NO9P. The van der Waals surface area contributed by atoms with E-state index in [-0.39, 0.29) is 6.42 Å². The summed E-state index contributed by atoms with van der Waals surface area (Å²) in [6.07, 6.45) is 9.42. The number of phosphoric acid groups is 1. The molecule has 0 aliphatic rings. The number of aliphatic hydroxyl groups is 4. The van der Waals surface area contributed by atoms with Crippen LogP contribution >= 0.6 is 7.82 Å². The van der Waals surface area contributed by atoms with E-state index in [1.165, 1.54) is 44.9 Å². The van der Waals surface area contributed by atoms with Gasteiger partial charge in [-0.05, 0) is 108 Å². The van der Waals surface area contributed by atoms with Gasteiger partial charge in [-0.1, -0.05) is 89.9 Å². The third-order valence-corrected chi connectivity index (χ3v) is 8.10. The molecule has 0 spiro atoms. The van der Waals surface area contributed by atoms with E-state index in [0.717, 1.165) is 25.7 Å². The molecule has 0 heterocycles. The lowest BCUT2D eigenvalue weighted by Crippen LogP contribution is -2.50. The molecule has 1 unspecified atom stereocenters. The highest BCUT2D eigenvalue weighted by Crippen LogP contribution is 2.43. The van der Waals surface area contributed by atoms with Crippen LogP contribution in [0.25, 0.3) is 0 Å². The number of unbranched alkanes of at least 4 members (excludes halogenated alkanes) is 11. The van der Waals surface area contributed by atoms with Crippen molar-refractivity contribution in [1.29, 1.82) is 0 Å². The molecule has 58 heavy (non-hydrogen) atoms. The van der Waals surface area contributed by atoms with Gasteiger partial charge in [0, 0.05) is 41.4 Å². The maximum absolute atomic E-state index is 12.5. The molecule has 6 N–H and O–H groups in total. The number of aliphatic hydroxyl groups excluding tert-OH is 4. The van der Waals surface area contributed by atoms with Gasteiger partial charge in [-0.2, -0.15) is 0 Å². The van der Waals surface area contributed by atoms with Crippen LogP contribution in [-0.4, -0.2) is 75.4 Å². The zero-order valence-electron chi connectivity index (χ0n) is 32.9. The molecule has 0 rings (SSSR count). The predicted molar refractivity (Wildman–Crippen MR) is 223 cm³/mol. The third-order valence-electron chi connectivity index (χ3n) is 7.15. The summed E-state index contributed by atoms with van der Waals surface area (Å²) in [6, 6.07) is -1.38. The lowest BCUT2D eigenvalue weighted by Gasteiger charge is -2.27. The van der Waals surface area contributed by atoms with Crippen LogP contribution < -0.4 is 5.32 Å². The summed E-state index contributed by atoms with van der Waals surface area (Å²) in [7, 11) is -4.77. The summed E-state index contributed by atoms with van der Waals surface area (Å²) < 4.78 is 21.8. The van der Waals surface area contributed by atoms with Crippen molar-refractivity contribution in [2.45, 2.75) is 122 Å². The van der Waals surface area contributed by atoms with Crippen molar-refractivity contribution in [3.63, 3.8) is 0 Å². The first-order valence-electron chi connectivity index (χ1n) is 18.7. The Kier molecular flexibility index (Phi) is 34.2. The maximum atomic E-state index is 12.5. The molecule has 0 fully saturated rings. The summed E-state index contributed by atoms with van der Waals surface area (Å²) in [5.74, 6) is 58.0. The second kappa shape index (κ2) is 38.0. The topological polar surface area (TPSA) is 166 Å². The van der Waals surface area contributed by atoms with Crippen molar-refractivity contribution in [2.75, 3.05) is 19.8 Å². The van der Waals surface area contributed by atoms with Gasteiger partial charge in [0.15, 0.2) is 0 Å². The number of phosphoric ester groups is 1. The highest BCUT2D eigenvalue weighted by Gasteiger charge is 2.31. The number of nitrogens with one attached hydrogen (secondary N) is 1. The van der Waals surface area contributed by atoms with Crippen LogP contribution in [0, 0.1) is 142 Å². The Labute approximate surface area is 345 Å². The number of amides is 1. The Morgan fingerprint density at radius 3 is 1.33 bits per heavy atom. The maximum Gasteiger partial charge on any atom is 0.472 e. The predicted octanol–water partition coefficient (Wildman–Crippen LogP) is 2.83. The van der Waals surface area contributed by atoms with Gasteiger partial charge in [-0.25, -0.2) is 4.57 Å². The van der Waals surface area contributed by atoms with E-state index in [1.54, 1.807) is 6.92 Å². The fourth-order valence-electron chi connectivity index (χ4n) is 4.28. The molecule has 10 nitrogen and oxygen atoms in total. The van der Waals surface area contributed by atoms with Crippen LogP contribution in [0.2, 0.25) is 0 Å². The van der Waals surface area contributed by atoms with E-state index in [9.17, 15) is 29.6 Å². The van der Waals surface area contributed by atoms with Crippen LogP contribution in [0.5, 0.6) is 0 Å². The number of hydrogen-bond acceptors (Lipinski definition) is 8. The van der Waals surface area contributed by atoms with E-state index in [4.69, 9.17) is 9.63 Å². The fraction of sp³-hybridized carbons (Fsp3) is 0.468. The van der Waals surface area contributed by atoms with Crippen molar-refractivity contribution >= 4 is 13.7 Å². The van der Waals surface area contributed by atoms with Gasteiger partial charge >= 0.3 is 7.82 Å². The first kappa shape index (κ1) is 52.1. The van der Waals surface area contributed by atoms with E-state index in [2.05, 4.69) is 159 Å². The first-order valence-corrected chi connectivity index (χ1v) is 20.2. The molecule has 0 aromatic carbocycles. The zero-order chi connectivity index (χ0) is 42.8. The fourth-order valence-corrected chi connectivity index (χ4v) is 5.07. The second-order valence-corrected chi connectivity index (χ2v) is 13.3.